The van der Waals surface area contributed by atoms with Gasteiger partial charge in [-0.25, -0.2) is 4.98 Å². The Balaban J connectivity index is 1.62. The second-order valence-electron chi connectivity index (χ2n) is 6.11. The number of anilines is 1. The predicted molar refractivity (Wildman–Crippen MR) is 94.7 cm³/mol. The molecule has 2 aromatic carbocycles. The average molecular weight is 321 g/mol. The van der Waals surface area contributed by atoms with Crippen molar-refractivity contribution in [2.24, 2.45) is 0 Å². The minimum absolute atomic E-state index is 0.107. The van der Waals surface area contributed by atoms with Gasteiger partial charge in [-0.15, -0.1) is 0 Å². The van der Waals surface area contributed by atoms with Crippen LogP contribution in [0.3, 0.4) is 0 Å². The number of nitrogens with zero attached hydrogens (tertiary/aromatic N) is 1. The maximum absolute atomic E-state index is 12.2. The van der Waals surface area contributed by atoms with Gasteiger partial charge in [0.1, 0.15) is 11.6 Å². The van der Waals surface area contributed by atoms with E-state index in [2.05, 4.69) is 21.4 Å². The fraction of sp³-hybridized carbons (Fsp3) is 0.263. The van der Waals surface area contributed by atoms with E-state index in [-0.39, 0.29) is 11.6 Å². The van der Waals surface area contributed by atoms with E-state index in [1.807, 2.05) is 37.3 Å². The van der Waals surface area contributed by atoms with Gasteiger partial charge in [-0.3, -0.25) is 4.79 Å². The molecule has 1 unspecified atom stereocenters. The van der Waals surface area contributed by atoms with Crippen molar-refractivity contribution in [1.29, 1.82) is 0 Å². The van der Waals surface area contributed by atoms with Crippen molar-refractivity contribution >= 4 is 16.6 Å². The average Bonchev–Trinajstić information content (AvgIpc) is 2.61. The molecule has 0 bridgehead atoms. The molecule has 24 heavy (non-hydrogen) atoms. The first-order valence-electron chi connectivity index (χ1n) is 8.22. The van der Waals surface area contributed by atoms with E-state index in [0.29, 0.717) is 16.7 Å². The third kappa shape index (κ3) is 2.73. The Hall–Kier alpha value is -2.82. The molecule has 3 aromatic rings. The lowest BCUT2D eigenvalue weighted by atomic mass is 10.1. The minimum atomic E-state index is -0.108. The van der Waals surface area contributed by atoms with E-state index in [1.54, 1.807) is 6.07 Å². The van der Waals surface area contributed by atoms with Crippen molar-refractivity contribution < 1.29 is 4.74 Å². The van der Waals surface area contributed by atoms with Gasteiger partial charge in [-0.2, -0.15) is 0 Å². The summed E-state index contributed by atoms with van der Waals surface area (Å²) >= 11 is 0. The van der Waals surface area contributed by atoms with Gasteiger partial charge in [0.15, 0.2) is 0 Å². The molecule has 5 nitrogen and oxygen atoms in total. The van der Waals surface area contributed by atoms with Crippen LogP contribution in [0.5, 0.6) is 5.75 Å². The van der Waals surface area contributed by atoms with Crippen molar-refractivity contribution in [3.8, 4) is 5.75 Å². The molecule has 1 aliphatic heterocycles. The van der Waals surface area contributed by atoms with Gasteiger partial charge in [0.2, 0.25) is 0 Å². The lowest BCUT2D eigenvalue weighted by Crippen LogP contribution is -2.18. The van der Waals surface area contributed by atoms with E-state index >= 15 is 0 Å². The molecule has 0 aliphatic carbocycles. The Morgan fingerprint density at radius 2 is 2.12 bits per heavy atom. The summed E-state index contributed by atoms with van der Waals surface area (Å²) in [7, 11) is 0. The van der Waals surface area contributed by atoms with Crippen LogP contribution >= 0.6 is 0 Å². The second-order valence-corrected chi connectivity index (χ2v) is 6.11. The molecule has 0 spiro atoms. The van der Waals surface area contributed by atoms with E-state index in [1.165, 1.54) is 5.56 Å². The first kappa shape index (κ1) is 14.8. The van der Waals surface area contributed by atoms with E-state index in [4.69, 9.17) is 4.74 Å². The molecule has 1 aliphatic rings. The Morgan fingerprint density at radius 1 is 1.25 bits per heavy atom. The van der Waals surface area contributed by atoms with Crippen molar-refractivity contribution in [1.82, 2.24) is 9.97 Å². The number of hydrogen-bond acceptors (Lipinski definition) is 4. The fourth-order valence-electron chi connectivity index (χ4n) is 3.08. The molecule has 0 amide bonds. The fourth-order valence-corrected chi connectivity index (χ4v) is 3.08. The number of ether oxygens (including phenoxy) is 1. The summed E-state index contributed by atoms with van der Waals surface area (Å²) in [6.07, 6.45) is 2.08. The van der Waals surface area contributed by atoms with Gasteiger partial charge in [0, 0.05) is 5.69 Å². The third-order valence-corrected chi connectivity index (χ3v) is 4.33. The largest absolute Gasteiger partial charge is 0.493 e. The van der Waals surface area contributed by atoms with Crippen molar-refractivity contribution in [3.05, 3.63) is 64.2 Å². The topological polar surface area (TPSA) is 67.0 Å². The molecule has 1 aromatic heterocycles. The molecule has 0 saturated heterocycles. The zero-order chi connectivity index (χ0) is 16.5. The van der Waals surface area contributed by atoms with Crippen LogP contribution in [-0.4, -0.2) is 16.6 Å². The van der Waals surface area contributed by atoms with Gasteiger partial charge < -0.3 is 15.0 Å². The summed E-state index contributed by atoms with van der Waals surface area (Å²) in [5, 5.41) is 4.02. The summed E-state index contributed by atoms with van der Waals surface area (Å²) in [4.78, 5) is 19.7. The van der Waals surface area contributed by atoms with Crippen LogP contribution < -0.4 is 15.6 Å². The second kappa shape index (κ2) is 6.00. The number of aromatic nitrogens is 2. The van der Waals surface area contributed by atoms with Crippen molar-refractivity contribution in [2.45, 2.75) is 25.8 Å². The quantitative estimate of drug-likeness (QED) is 0.775. The van der Waals surface area contributed by atoms with Crippen LogP contribution in [0.25, 0.3) is 10.9 Å². The number of H-pyrrole nitrogens is 1. The van der Waals surface area contributed by atoms with Crippen LogP contribution in [0.2, 0.25) is 0 Å². The zero-order valence-electron chi connectivity index (χ0n) is 13.5. The number of para-hydroxylation sites is 1. The van der Waals surface area contributed by atoms with Crippen LogP contribution in [0.4, 0.5) is 5.69 Å². The van der Waals surface area contributed by atoms with Gasteiger partial charge in [-0.05, 0) is 55.7 Å². The predicted octanol–water partition coefficient (Wildman–Crippen LogP) is 3.42. The Labute approximate surface area is 139 Å². The number of aryl methyl sites for hydroxylation is 1. The summed E-state index contributed by atoms with van der Waals surface area (Å²) < 4.78 is 5.64. The molecular weight excluding hydrogens is 302 g/mol. The number of benzene rings is 2. The SMILES string of the molecule is CC(Nc1ccc2c(c1)CCCO2)c1nc2ccccc2c(=O)[nH]1. The normalized spacial score (nSPS) is 14.7. The third-order valence-electron chi connectivity index (χ3n) is 4.33. The number of fused-ring (bicyclic) bond motifs is 2. The summed E-state index contributed by atoms with van der Waals surface area (Å²) in [6.45, 7) is 2.78. The highest BCUT2D eigenvalue weighted by Gasteiger charge is 2.14. The minimum Gasteiger partial charge on any atom is -0.493 e. The number of rotatable bonds is 3. The summed E-state index contributed by atoms with van der Waals surface area (Å²) in [5.41, 5.74) is 2.83. The van der Waals surface area contributed by atoms with E-state index < -0.39 is 0 Å². The maximum atomic E-state index is 12.2. The number of aromatic amines is 1. The van der Waals surface area contributed by atoms with E-state index in [9.17, 15) is 4.79 Å². The maximum Gasteiger partial charge on any atom is 0.258 e. The number of nitrogens with one attached hydrogen (secondary N) is 2. The molecule has 0 radical (unpaired) electrons. The first-order chi connectivity index (χ1) is 11.7. The first-order valence-corrected chi connectivity index (χ1v) is 8.22. The van der Waals surface area contributed by atoms with Gasteiger partial charge in [0.05, 0.1) is 23.6 Å². The molecule has 2 N–H and O–H groups in total. The standard InChI is InChI=1S/C19H19N3O2/c1-12(18-21-16-7-3-2-6-15(16)19(23)22-18)20-14-8-9-17-13(11-14)5-4-10-24-17/h2-3,6-9,11-12,20H,4-5,10H2,1H3,(H,21,22,23). The summed E-state index contributed by atoms with van der Waals surface area (Å²) in [6, 6.07) is 13.4. The Bertz CT molecular complexity index is 949. The highest BCUT2D eigenvalue weighted by Crippen LogP contribution is 2.28. The van der Waals surface area contributed by atoms with E-state index in [0.717, 1.165) is 30.9 Å². The Kier molecular flexibility index (Phi) is 3.69. The molecule has 122 valence electrons. The van der Waals surface area contributed by atoms with Crippen LogP contribution in [0.15, 0.2) is 47.3 Å². The molecule has 0 saturated carbocycles. The van der Waals surface area contributed by atoms with Gasteiger partial charge in [0.25, 0.3) is 5.56 Å². The highest BCUT2D eigenvalue weighted by molar-refractivity contribution is 5.77. The monoisotopic (exact) mass is 321 g/mol. The summed E-state index contributed by atoms with van der Waals surface area (Å²) in [5.74, 6) is 1.60. The lowest BCUT2D eigenvalue weighted by molar-refractivity contribution is 0.288. The lowest BCUT2D eigenvalue weighted by Gasteiger charge is -2.20. The van der Waals surface area contributed by atoms with Crippen LogP contribution in [-0.2, 0) is 6.42 Å². The van der Waals surface area contributed by atoms with Crippen molar-refractivity contribution in [2.75, 3.05) is 11.9 Å². The molecule has 5 heteroatoms. The molecule has 0 fully saturated rings. The number of hydrogen-bond donors (Lipinski definition) is 2. The smallest absolute Gasteiger partial charge is 0.258 e. The zero-order valence-corrected chi connectivity index (χ0v) is 13.5. The molecule has 1 atom stereocenters. The van der Waals surface area contributed by atoms with Crippen LogP contribution in [0.1, 0.15) is 30.8 Å². The van der Waals surface area contributed by atoms with Crippen LogP contribution in [0, 0.1) is 0 Å². The molecule has 2 heterocycles. The van der Waals surface area contributed by atoms with Gasteiger partial charge in [-0.1, -0.05) is 12.1 Å². The van der Waals surface area contributed by atoms with Crippen molar-refractivity contribution in [3.63, 3.8) is 0 Å². The molecular formula is C19H19N3O2. The highest BCUT2D eigenvalue weighted by atomic mass is 16.5. The van der Waals surface area contributed by atoms with Gasteiger partial charge >= 0.3 is 0 Å². The molecule has 4 rings (SSSR count). The Morgan fingerprint density at radius 3 is 3.04 bits per heavy atom.